The van der Waals surface area contributed by atoms with Crippen molar-refractivity contribution < 1.29 is 19.0 Å². The summed E-state index contributed by atoms with van der Waals surface area (Å²) >= 11 is 0. The molecule has 6 nitrogen and oxygen atoms in total. The van der Waals surface area contributed by atoms with Crippen LogP contribution >= 0.6 is 0 Å². The van der Waals surface area contributed by atoms with Crippen LogP contribution in [0.5, 0.6) is 11.5 Å². The predicted octanol–water partition coefficient (Wildman–Crippen LogP) is 6.24. The molecule has 2 aliphatic heterocycles. The van der Waals surface area contributed by atoms with E-state index in [0.717, 1.165) is 46.7 Å². The summed E-state index contributed by atoms with van der Waals surface area (Å²) in [4.78, 5) is 13.2. The van der Waals surface area contributed by atoms with Gasteiger partial charge in [-0.1, -0.05) is 37.3 Å². The molecule has 5 rings (SSSR count). The lowest BCUT2D eigenvalue weighted by Gasteiger charge is -2.42. The number of nitrogens with two attached hydrogens (primary N) is 1. The molecule has 1 saturated heterocycles. The summed E-state index contributed by atoms with van der Waals surface area (Å²) in [6, 6.07) is 22.1. The molecule has 0 radical (unpaired) electrons. The van der Waals surface area contributed by atoms with Crippen LogP contribution in [0.2, 0.25) is 0 Å². The summed E-state index contributed by atoms with van der Waals surface area (Å²) in [6.07, 6.45) is 4.25. The zero-order valence-corrected chi connectivity index (χ0v) is 23.0. The topological polar surface area (TPSA) is 82.8 Å². The van der Waals surface area contributed by atoms with Crippen LogP contribution in [-0.2, 0) is 16.0 Å². The number of ether oxygens (including phenoxy) is 3. The van der Waals surface area contributed by atoms with Gasteiger partial charge in [0.1, 0.15) is 11.5 Å². The maximum absolute atomic E-state index is 13.2. The van der Waals surface area contributed by atoms with E-state index in [2.05, 4.69) is 37.4 Å². The standard InChI is InChI=1S/C33H38N2O4/c1-4-37-29-12-7-24(8-13-29)25-9-14-30-27(20-25)21-26(15-17-38-30)32(36)35-28-10-5-23(6-11-28)19-31-22(2)33(3,34)16-18-39-31/h5-14,20-22,31H,4,15-19,34H2,1-3H3,(H,35,36). The van der Waals surface area contributed by atoms with E-state index in [1.807, 2.05) is 61.5 Å². The molecular formula is C33H38N2O4. The Balaban J connectivity index is 1.27. The van der Waals surface area contributed by atoms with Crippen molar-refractivity contribution >= 4 is 17.7 Å². The Morgan fingerprint density at radius 2 is 1.79 bits per heavy atom. The Hall–Kier alpha value is -3.61. The second kappa shape index (κ2) is 11.6. The third-order valence-corrected chi connectivity index (χ3v) is 7.98. The van der Waals surface area contributed by atoms with Crippen LogP contribution in [0.25, 0.3) is 17.2 Å². The molecule has 0 aliphatic carbocycles. The summed E-state index contributed by atoms with van der Waals surface area (Å²) in [6.45, 7) is 8.03. The number of carbonyl (C=O) groups is 1. The van der Waals surface area contributed by atoms with Crippen LogP contribution in [0.3, 0.4) is 0 Å². The highest BCUT2D eigenvalue weighted by molar-refractivity contribution is 6.07. The molecule has 3 atom stereocenters. The summed E-state index contributed by atoms with van der Waals surface area (Å²) < 4.78 is 17.5. The van der Waals surface area contributed by atoms with Crippen molar-refractivity contribution in [3.8, 4) is 22.6 Å². The van der Waals surface area contributed by atoms with Gasteiger partial charge in [-0.15, -0.1) is 0 Å². The van der Waals surface area contributed by atoms with Gasteiger partial charge >= 0.3 is 0 Å². The highest BCUT2D eigenvalue weighted by atomic mass is 16.5. The van der Waals surface area contributed by atoms with Gasteiger partial charge in [-0.25, -0.2) is 0 Å². The second-order valence-electron chi connectivity index (χ2n) is 10.8. The molecule has 0 saturated carbocycles. The third kappa shape index (κ3) is 6.35. The molecule has 1 fully saturated rings. The molecule has 0 spiro atoms. The largest absolute Gasteiger partial charge is 0.494 e. The van der Waals surface area contributed by atoms with Crippen LogP contribution in [-0.4, -0.2) is 37.4 Å². The van der Waals surface area contributed by atoms with E-state index in [1.54, 1.807) is 0 Å². The average Bonchev–Trinajstić information content (AvgIpc) is 3.15. The first-order valence-electron chi connectivity index (χ1n) is 13.8. The van der Waals surface area contributed by atoms with Gasteiger partial charge in [0.2, 0.25) is 0 Å². The van der Waals surface area contributed by atoms with Crippen LogP contribution in [0, 0.1) is 5.92 Å². The first kappa shape index (κ1) is 27.0. The molecule has 204 valence electrons. The van der Waals surface area contributed by atoms with E-state index in [9.17, 15) is 4.79 Å². The van der Waals surface area contributed by atoms with Crippen molar-refractivity contribution in [1.82, 2.24) is 0 Å². The van der Waals surface area contributed by atoms with Gasteiger partial charge in [0.15, 0.2) is 0 Å². The monoisotopic (exact) mass is 526 g/mol. The van der Waals surface area contributed by atoms with Crippen molar-refractivity contribution in [2.45, 2.75) is 51.7 Å². The Morgan fingerprint density at radius 3 is 2.54 bits per heavy atom. The summed E-state index contributed by atoms with van der Waals surface area (Å²) in [5, 5.41) is 3.06. The van der Waals surface area contributed by atoms with Gasteiger partial charge in [0, 0.05) is 41.3 Å². The highest BCUT2D eigenvalue weighted by Crippen LogP contribution is 2.33. The fraction of sp³-hybridized carbons (Fsp3) is 0.364. The van der Waals surface area contributed by atoms with E-state index in [4.69, 9.17) is 19.9 Å². The zero-order valence-electron chi connectivity index (χ0n) is 23.0. The van der Waals surface area contributed by atoms with Gasteiger partial charge in [0.05, 0.1) is 19.3 Å². The highest BCUT2D eigenvalue weighted by Gasteiger charge is 2.37. The maximum atomic E-state index is 13.2. The SMILES string of the molecule is CCOc1ccc(-c2ccc3c(c2)C=C(C(=O)Nc2ccc(CC4OCCC(C)(N)C4C)cc2)CCO3)cc1. The molecule has 6 heteroatoms. The summed E-state index contributed by atoms with van der Waals surface area (Å²) in [7, 11) is 0. The van der Waals surface area contributed by atoms with Gasteiger partial charge < -0.3 is 25.3 Å². The molecule has 3 N–H and O–H groups in total. The van der Waals surface area contributed by atoms with E-state index in [-0.39, 0.29) is 23.5 Å². The van der Waals surface area contributed by atoms with Crippen LogP contribution < -0.4 is 20.5 Å². The summed E-state index contributed by atoms with van der Waals surface area (Å²) in [5.41, 5.74) is 11.9. The van der Waals surface area contributed by atoms with E-state index in [0.29, 0.717) is 31.8 Å². The third-order valence-electron chi connectivity index (χ3n) is 7.98. The number of rotatable bonds is 7. The molecule has 3 unspecified atom stereocenters. The summed E-state index contributed by atoms with van der Waals surface area (Å²) in [5.74, 6) is 1.79. The van der Waals surface area contributed by atoms with E-state index < -0.39 is 0 Å². The van der Waals surface area contributed by atoms with Crippen molar-refractivity contribution in [3.63, 3.8) is 0 Å². The number of nitrogens with one attached hydrogen (secondary N) is 1. The Labute approximate surface area is 231 Å². The lowest BCUT2D eigenvalue weighted by atomic mass is 9.78. The van der Waals surface area contributed by atoms with Gasteiger partial charge in [0.25, 0.3) is 5.91 Å². The minimum atomic E-state index is -0.208. The molecule has 2 aliphatic rings. The number of fused-ring (bicyclic) bond motifs is 1. The predicted molar refractivity (Wildman–Crippen MR) is 156 cm³/mol. The smallest absolute Gasteiger partial charge is 0.251 e. The molecule has 1 amide bonds. The lowest BCUT2D eigenvalue weighted by Crippen LogP contribution is -2.53. The average molecular weight is 527 g/mol. The molecule has 2 heterocycles. The molecular weight excluding hydrogens is 488 g/mol. The number of anilines is 1. The molecule has 3 aromatic carbocycles. The van der Waals surface area contributed by atoms with Crippen molar-refractivity contribution in [1.29, 1.82) is 0 Å². The number of carbonyl (C=O) groups excluding carboxylic acids is 1. The second-order valence-corrected chi connectivity index (χ2v) is 10.8. The number of benzene rings is 3. The van der Waals surface area contributed by atoms with Gasteiger partial charge in [-0.05, 0) is 85.9 Å². The Morgan fingerprint density at radius 1 is 1.05 bits per heavy atom. The minimum absolute atomic E-state index is 0.0953. The fourth-order valence-corrected chi connectivity index (χ4v) is 5.22. The van der Waals surface area contributed by atoms with Crippen LogP contribution in [0.1, 0.15) is 44.7 Å². The number of amides is 1. The minimum Gasteiger partial charge on any atom is -0.494 e. The van der Waals surface area contributed by atoms with Crippen LogP contribution in [0.15, 0.2) is 72.3 Å². The van der Waals surface area contributed by atoms with Gasteiger partial charge in [-0.2, -0.15) is 0 Å². The Kier molecular flexibility index (Phi) is 8.05. The molecule has 3 aromatic rings. The molecule has 0 bridgehead atoms. The molecule has 39 heavy (non-hydrogen) atoms. The quantitative estimate of drug-likeness (QED) is 0.381. The Bertz CT molecular complexity index is 1330. The van der Waals surface area contributed by atoms with Gasteiger partial charge in [-0.3, -0.25) is 4.79 Å². The normalized spacial score (nSPS) is 22.6. The van der Waals surface area contributed by atoms with Crippen molar-refractivity contribution in [3.05, 3.63) is 83.4 Å². The maximum Gasteiger partial charge on any atom is 0.251 e. The lowest BCUT2D eigenvalue weighted by molar-refractivity contribution is -0.113. The number of hydrogen-bond donors (Lipinski definition) is 2. The van der Waals surface area contributed by atoms with E-state index in [1.165, 1.54) is 5.56 Å². The first-order valence-corrected chi connectivity index (χ1v) is 13.8. The van der Waals surface area contributed by atoms with E-state index >= 15 is 0 Å². The van der Waals surface area contributed by atoms with Crippen LogP contribution in [0.4, 0.5) is 5.69 Å². The fourth-order valence-electron chi connectivity index (χ4n) is 5.22. The van der Waals surface area contributed by atoms with Crippen molar-refractivity contribution in [2.24, 2.45) is 11.7 Å². The number of hydrogen-bond acceptors (Lipinski definition) is 5. The zero-order chi connectivity index (χ0) is 27.4. The first-order chi connectivity index (χ1) is 18.8. The molecule has 0 aromatic heterocycles. The van der Waals surface area contributed by atoms with Crippen molar-refractivity contribution in [2.75, 3.05) is 25.1 Å².